The molecule has 0 fully saturated rings. The summed E-state index contributed by atoms with van der Waals surface area (Å²) in [5.74, 6) is 0. The molecule has 0 aliphatic rings. The van der Waals surface area contributed by atoms with Crippen LogP contribution in [0.15, 0.2) is 23.3 Å². The largest absolute Gasteiger partial charge is 0.269 e. The monoisotopic (exact) mass is 214 g/mol. The second kappa shape index (κ2) is 4.34. The van der Waals surface area contributed by atoms with Crippen molar-refractivity contribution in [2.24, 2.45) is 5.11 Å². The van der Waals surface area contributed by atoms with Crippen LogP contribution in [0.3, 0.4) is 0 Å². The normalized spacial score (nSPS) is 9.80. The number of halogens is 2. The van der Waals surface area contributed by atoms with Gasteiger partial charge in [0.2, 0.25) is 0 Å². The van der Waals surface area contributed by atoms with Crippen LogP contribution in [0.1, 0.15) is 12.0 Å². The van der Waals surface area contributed by atoms with Gasteiger partial charge < -0.3 is 0 Å². The summed E-state index contributed by atoms with van der Waals surface area (Å²) < 4.78 is 24.8. The number of nitro groups is 1. The summed E-state index contributed by atoms with van der Waals surface area (Å²) >= 11 is 0. The molecule has 0 unspecified atom stereocenters. The van der Waals surface area contributed by atoms with E-state index in [-0.39, 0.29) is 5.69 Å². The van der Waals surface area contributed by atoms with Crippen molar-refractivity contribution in [1.29, 1.82) is 0 Å². The van der Waals surface area contributed by atoms with Gasteiger partial charge in [-0.1, -0.05) is 5.11 Å². The van der Waals surface area contributed by atoms with E-state index in [9.17, 15) is 18.9 Å². The van der Waals surface area contributed by atoms with Crippen LogP contribution in [0, 0.1) is 10.1 Å². The Labute approximate surface area is 81.9 Å². The highest BCUT2D eigenvalue weighted by molar-refractivity contribution is 5.52. The zero-order valence-corrected chi connectivity index (χ0v) is 7.17. The number of nitrogens with zero attached hydrogens (tertiary/aromatic N) is 4. The number of hydrogen-bond acceptors (Lipinski definition) is 3. The van der Waals surface area contributed by atoms with Crippen LogP contribution in [-0.4, -0.2) is 4.92 Å². The van der Waals surface area contributed by atoms with Gasteiger partial charge >= 0.3 is 0 Å². The number of hydrogen-bond donors (Lipinski definition) is 0. The van der Waals surface area contributed by atoms with E-state index in [2.05, 4.69) is 10.0 Å². The molecule has 8 heteroatoms. The first-order valence-electron chi connectivity index (χ1n) is 3.68. The molecule has 0 radical (unpaired) electrons. The fraction of sp³-hybridized carbons (Fsp3) is 0.143. The summed E-state index contributed by atoms with van der Waals surface area (Å²) in [5.41, 5.74) is 6.66. The van der Waals surface area contributed by atoms with Gasteiger partial charge in [0.25, 0.3) is 12.1 Å². The summed E-state index contributed by atoms with van der Waals surface area (Å²) in [7, 11) is 0. The van der Waals surface area contributed by atoms with Gasteiger partial charge in [-0.05, 0) is 11.6 Å². The molecule has 6 nitrogen and oxygen atoms in total. The van der Waals surface area contributed by atoms with Gasteiger partial charge in [0.05, 0.1) is 4.92 Å². The number of non-ortho nitro benzene ring substituents is 1. The summed E-state index contributed by atoms with van der Waals surface area (Å²) in [6, 6.07) is 2.67. The third kappa shape index (κ3) is 2.38. The fourth-order valence-electron chi connectivity index (χ4n) is 0.970. The van der Waals surface area contributed by atoms with Crippen molar-refractivity contribution in [1.82, 2.24) is 0 Å². The molecule has 0 atom stereocenters. The van der Waals surface area contributed by atoms with Crippen molar-refractivity contribution in [3.05, 3.63) is 44.3 Å². The van der Waals surface area contributed by atoms with Crippen LogP contribution in [-0.2, 0) is 0 Å². The van der Waals surface area contributed by atoms with Crippen LogP contribution in [0.4, 0.5) is 20.2 Å². The summed E-state index contributed by atoms with van der Waals surface area (Å²) in [6.07, 6.45) is -2.93. The maximum Gasteiger partial charge on any atom is 0.269 e. The topological polar surface area (TPSA) is 91.9 Å². The first-order valence-corrected chi connectivity index (χ1v) is 3.68. The lowest BCUT2D eigenvalue weighted by Gasteiger charge is -2.02. The first-order chi connectivity index (χ1) is 7.06. The van der Waals surface area contributed by atoms with Crippen molar-refractivity contribution in [2.45, 2.75) is 6.43 Å². The van der Waals surface area contributed by atoms with Crippen molar-refractivity contribution in [2.75, 3.05) is 0 Å². The minimum atomic E-state index is -2.93. The van der Waals surface area contributed by atoms with E-state index in [0.29, 0.717) is 6.07 Å². The maximum atomic E-state index is 12.4. The molecule has 0 aromatic heterocycles. The summed E-state index contributed by atoms with van der Waals surface area (Å²) in [6.45, 7) is 0. The fourth-order valence-corrected chi connectivity index (χ4v) is 0.970. The van der Waals surface area contributed by atoms with Gasteiger partial charge in [0.15, 0.2) is 0 Å². The van der Waals surface area contributed by atoms with E-state index in [1.54, 1.807) is 0 Å². The minimum absolute atomic E-state index is 0.307. The van der Waals surface area contributed by atoms with Gasteiger partial charge in [0.1, 0.15) is 0 Å². The lowest BCUT2D eigenvalue weighted by Crippen LogP contribution is -1.91. The average Bonchev–Trinajstić information content (AvgIpc) is 2.18. The molecule has 78 valence electrons. The number of alkyl halides is 2. The van der Waals surface area contributed by atoms with Crippen LogP contribution < -0.4 is 0 Å². The van der Waals surface area contributed by atoms with Crippen LogP contribution in [0.25, 0.3) is 10.4 Å². The number of azide groups is 1. The molecular weight excluding hydrogens is 210 g/mol. The smallest absolute Gasteiger partial charge is 0.258 e. The quantitative estimate of drug-likeness (QED) is 0.253. The van der Waals surface area contributed by atoms with Gasteiger partial charge in [-0.3, -0.25) is 10.1 Å². The molecule has 1 aromatic rings. The zero-order chi connectivity index (χ0) is 11.4. The Morgan fingerprint density at radius 1 is 1.53 bits per heavy atom. The molecule has 0 spiro atoms. The zero-order valence-electron chi connectivity index (χ0n) is 7.17. The summed E-state index contributed by atoms with van der Waals surface area (Å²) in [5, 5.41) is 13.3. The molecule has 0 bridgehead atoms. The molecule has 1 aromatic carbocycles. The van der Waals surface area contributed by atoms with Crippen molar-refractivity contribution in [3.8, 4) is 0 Å². The molecule has 1 rings (SSSR count). The number of rotatable bonds is 3. The molecule has 0 aliphatic heterocycles. The molecule has 0 heterocycles. The van der Waals surface area contributed by atoms with Gasteiger partial charge in [-0.15, -0.1) is 0 Å². The van der Waals surface area contributed by atoms with Gasteiger partial charge in [0, 0.05) is 28.3 Å². The predicted molar refractivity (Wildman–Crippen MR) is 46.9 cm³/mol. The third-order valence-corrected chi connectivity index (χ3v) is 1.61. The summed E-state index contributed by atoms with van der Waals surface area (Å²) in [4.78, 5) is 11.8. The molecule has 0 saturated heterocycles. The van der Waals surface area contributed by atoms with Crippen molar-refractivity contribution in [3.63, 3.8) is 0 Å². The SMILES string of the molecule is [N-]=[N+]=Nc1ccc([N+](=O)[O-])cc1C(F)F. The first kappa shape index (κ1) is 10.9. The number of benzene rings is 1. The van der Waals surface area contributed by atoms with Crippen molar-refractivity contribution < 1.29 is 13.7 Å². The Balaban J connectivity index is 3.32. The van der Waals surface area contributed by atoms with Gasteiger partial charge in [-0.25, -0.2) is 8.78 Å². The number of nitro benzene ring substituents is 1. The van der Waals surface area contributed by atoms with E-state index in [4.69, 9.17) is 5.53 Å². The lowest BCUT2D eigenvalue weighted by molar-refractivity contribution is -0.385. The van der Waals surface area contributed by atoms with Gasteiger partial charge in [-0.2, -0.15) is 0 Å². The highest BCUT2D eigenvalue weighted by Crippen LogP contribution is 2.32. The molecule has 0 saturated carbocycles. The molecule has 0 N–H and O–H groups in total. The predicted octanol–water partition coefficient (Wildman–Crippen LogP) is 3.47. The highest BCUT2D eigenvalue weighted by Gasteiger charge is 2.16. The Morgan fingerprint density at radius 2 is 2.20 bits per heavy atom. The average molecular weight is 214 g/mol. The van der Waals surface area contributed by atoms with Crippen molar-refractivity contribution >= 4 is 11.4 Å². The molecular formula is C7H4F2N4O2. The highest BCUT2D eigenvalue weighted by atomic mass is 19.3. The van der Waals surface area contributed by atoms with E-state index in [0.717, 1.165) is 12.1 Å². The minimum Gasteiger partial charge on any atom is -0.258 e. The second-order valence-corrected chi connectivity index (χ2v) is 2.49. The Hall–Kier alpha value is -2.21. The second-order valence-electron chi connectivity index (χ2n) is 2.49. The van der Waals surface area contributed by atoms with E-state index >= 15 is 0 Å². The third-order valence-electron chi connectivity index (χ3n) is 1.61. The van der Waals surface area contributed by atoms with E-state index in [1.165, 1.54) is 0 Å². The Bertz CT molecular complexity index is 443. The molecule has 0 amide bonds. The van der Waals surface area contributed by atoms with E-state index in [1.807, 2.05) is 0 Å². The molecule has 15 heavy (non-hydrogen) atoms. The lowest BCUT2D eigenvalue weighted by atomic mass is 10.1. The maximum absolute atomic E-state index is 12.4. The Morgan fingerprint density at radius 3 is 2.67 bits per heavy atom. The standard InChI is InChI=1S/C7H4F2N4O2/c8-7(9)5-3-4(13(14)15)1-2-6(5)11-12-10/h1-3,7H. The Kier molecular flexibility index (Phi) is 3.14. The van der Waals surface area contributed by atoms with Crippen LogP contribution in [0.2, 0.25) is 0 Å². The van der Waals surface area contributed by atoms with Crippen LogP contribution >= 0.6 is 0 Å². The van der Waals surface area contributed by atoms with E-state index < -0.39 is 22.6 Å². The molecule has 0 aliphatic carbocycles. The van der Waals surface area contributed by atoms with Crippen LogP contribution in [0.5, 0.6) is 0 Å².